The average molecular weight is 428 g/mol. The Kier molecular flexibility index (Phi) is 5.36. The lowest BCUT2D eigenvalue weighted by atomic mass is 9.77. The highest BCUT2D eigenvalue weighted by atomic mass is 16.6. The molecule has 0 unspecified atom stereocenters. The summed E-state index contributed by atoms with van der Waals surface area (Å²) in [7, 11) is 1.56. The predicted molar refractivity (Wildman–Crippen MR) is 115 cm³/mol. The molecule has 0 atom stereocenters. The number of amides is 2. The zero-order chi connectivity index (χ0) is 22.2. The van der Waals surface area contributed by atoms with Gasteiger partial charge in [0, 0.05) is 37.0 Å². The standard InChI is InChI=1S/C22H29N5O4/c1-21(2,3)31-20(29)26-10-7-22(8-11-26)9-12-27(19(22)28)17-6-5-16(18(25-17)30-4)15-13-23-24-14-15/h5-6,13-14H,7-12H2,1-4H3,(H,23,24). The Balaban J connectivity index is 1.47. The normalized spacial score (nSPS) is 18.5. The van der Waals surface area contributed by atoms with Gasteiger partial charge in [0.15, 0.2) is 0 Å². The smallest absolute Gasteiger partial charge is 0.410 e. The summed E-state index contributed by atoms with van der Waals surface area (Å²) in [4.78, 5) is 33.8. The zero-order valence-electron chi connectivity index (χ0n) is 18.5. The maximum absolute atomic E-state index is 13.4. The second-order valence-corrected chi connectivity index (χ2v) is 9.17. The van der Waals surface area contributed by atoms with Crippen LogP contribution in [0.1, 0.15) is 40.0 Å². The van der Waals surface area contributed by atoms with E-state index in [9.17, 15) is 9.59 Å². The van der Waals surface area contributed by atoms with E-state index in [0.717, 1.165) is 17.5 Å². The molecule has 0 bridgehead atoms. The van der Waals surface area contributed by atoms with Crippen molar-refractivity contribution in [2.75, 3.05) is 31.6 Å². The van der Waals surface area contributed by atoms with Crippen molar-refractivity contribution in [2.24, 2.45) is 5.41 Å². The van der Waals surface area contributed by atoms with Crippen molar-refractivity contribution in [1.82, 2.24) is 20.1 Å². The van der Waals surface area contributed by atoms with E-state index in [1.165, 1.54) is 0 Å². The van der Waals surface area contributed by atoms with Crippen molar-refractivity contribution in [3.8, 4) is 17.0 Å². The summed E-state index contributed by atoms with van der Waals surface area (Å²) in [6.07, 6.45) is 5.17. The Morgan fingerprint density at radius 3 is 2.48 bits per heavy atom. The van der Waals surface area contributed by atoms with Gasteiger partial charge in [-0.3, -0.25) is 14.8 Å². The van der Waals surface area contributed by atoms with Crippen molar-refractivity contribution in [3.63, 3.8) is 0 Å². The molecule has 9 heteroatoms. The largest absolute Gasteiger partial charge is 0.480 e. The molecule has 4 heterocycles. The second kappa shape index (κ2) is 7.86. The van der Waals surface area contributed by atoms with Crippen LogP contribution in [0.2, 0.25) is 0 Å². The molecule has 0 saturated carbocycles. The van der Waals surface area contributed by atoms with Gasteiger partial charge in [-0.1, -0.05) is 0 Å². The Bertz CT molecular complexity index is 959. The van der Waals surface area contributed by atoms with Gasteiger partial charge in [0.25, 0.3) is 0 Å². The number of piperidine rings is 1. The molecule has 2 saturated heterocycles. The number of nitrogens with zero attached hydrogens (tertiary/aromatic N) is 4. The van der Waals surface area contributed by atoms with E-state index < -0.39 is 11.0 Å². The molecule has 4 rings (SSSR count). The summed E-state index contributed by atoms with van der Waals surface area (Å²) >= 11 is 0. The fraction of sp³-hybridized carbons (Fsp3) is 0.545. The molecule has 2 fully saturated rings. The fourth-order valence-corrected chi connectivity index (χ4v) is 4.30. The number of anilines is 1. The van der Waals surface area contributed by atoms with Gasteiger partial charge in [0.05, 0.1) is 18.7 Å². The number of H-pyrrole nitrogens is 1. The molecule has 2 amide bonds. The number of methoxy groups -OCH3 is 1. The lowest BCUT2D eigenvalue weighted by Crippen LogP contribution is -2.48. The number of ether oxygens (including phenoxy) is 2. The minimum atomic E-state index is -0.528. The summed E-state index contributed by atoms with van der Waals surface area (Å²) in [6.45, 7) is 7.21. The van der Waals surface area contributed by atoms with Gasteiger partial charge in [-0.05, 0) is 52.2 Å². The number of carbonyl (C=O) groups is 2. The van der Waals surface area contributed by atoms with Gasteiger partial charge in [-0.15, -0.1) is 0 Å². The summed E-state index contributed by atoms with van der Waals surface area (Å²) in [5.74, 6) is 1.11. The third kappa shape index (κ3) is 4.08. The number of carbonyl (C=O) groups excluding carboxylic acids is 2. The Labute approximate surface area is 181 Å². The van der Waals surface area contributed by atoms with Gasteiger partial charge in [-0.25, -0.2) is 4.79 Å². The van der Waals surface area contributed by atoms with Crippen LogP contribution in [0.25, 0.3) is 11.1 Å². The molecule has 2 aromatic heterocycles. The molecular weight excluding hydrogens is 398 g/mol. The number of aromatic nitrogens is 3. The molecule has 0 aromatic carbocycles. The number of rotatable bonds is 3. The number of likely N-dealkylation sites (tertiary alicyclic amines) is 1. The van der Waals surface area contributed by atoms with Crippen molar-refractivity contribution >= 4 is 17.8 Å². The monoisotopic (exact) mass is 427 g/mol. The molecule has 0 radical (unpaired) electrons. The first-order valence-electron chi connectivity index (χ1n) is 10.6. The second-order valence-electron chi connectivity index (χ2n) is 9.17. The third-order valence-electron chi connectivity index (χ3n) is 6.01. The van der Waals surface area contributed by atoms with Crippen LogP contribution in [0.4, 0.5) is 10.6 Å². The number of hydrogen-bond donors (Lipinski definition) is 1. The summed E-state index contributed by atoms with van der Waals surface area (Å²) in [5.41, 5.74) is 0.706. The van der Waals surface area contributed by atoms with Gasteiger partial charge in [-0.2, -0.15) is 10.1 Å². The molecular formula is C22H29N5O4. The van der Waals surface area contributed by atoms with Gasteiger partial charge in [0.2, 0.25) is 11.8 Å². The van der Waals surface area contributed by atoms with Crippen molar-refractivity contribution in [2.45, 2.75) is 45.6 Å². The minimum Gasteiger partial charge on any atom is -0.480 e. The first-order valence-corrected chi connectivity index (χ1v) is 10.6. The highest BCUT2D eigenvalue weighted by Gasteiger charge is 2.49. The molecule has 0 aliphatic carbocycles. The highest BCUT2D eigenvalue weighted by molar-refractivity contribution is 5.99. The first kappa shape index (κ1) is 21.1. The molecule has 1 N–H and O–H groups in total. The minimum absolute atomic E-state index is 0.0713. The van der Waals surface area contributed by atoms with Gasteiger partial charge in [0.1, 0.15) is 11.4 Å². The van der Waals surface area contributed by atoms with Crippen LogP contribution in [-0.4, -0.2) is 64.4 Å². The van der Waals surface area contributed by atoms with Gasteiger partial charge >= 0.3 is 6.09 Å². The SMILES string of the molecule is COc1nc(N2CCC3(CCN(C(=O)OC(C)(C)C)CC3)C2=O)ccc1-c1cn[nH]c1. The predicted octanol–water partition coefficient (Wildman–Crippen LogP) is 3.23. The molecule has 166 valence electrons. The molecule has 9 nitrogen and oxygen atoms in total. The van der Waals surface area contributed by atoms with E-state index in [1.54, 1.807) is 29.3 Å². The number of nitrogens with one attached hydrogen (secondary N) is 1. The topological polar surface area (TPSA) is 101 Å². The Morgan fingerprint density at radius 1 is 1.16 bits per heavy atom. The molecule has 31 heavy (non-hydrogen) atoms. The maximum atomic E-state index is 13.4. The van der Waals surface area contributed by atoms with E-state index in [0.29, 0.717) is 44.2 Å². The van der Waals surface area contributed by atoms with Crippen LogP contribution < -0.4 is 9.64 Å². The third-order valence-corrected chi connectivity index (χ3v) is 6.01. The average Bonchev–Trinajstić information content (AvgIpc) is 3.36. The number of pyridine rings is 1. The highest BCUT2D eigenvalue weighted by Crippen LogP contribution is 2.43. The van der Waals surface area contributed by atoms with Crippen molar-refractivity contribution in [3.05, 3.63) is 24.5 Å². The van der Waals surface area contributed by atoms with Crippen molar-refractivity contribution < 1.29 is 19.1 Å². The quantitative estimate of drug-likeness (QED) is 0.807. The lowest BCUT2D eigenvalue weighted by molar-refractivity contribution is -0.128. The van der Waals surface area contributed by atoms with E-state index in [1.807, 2.05) is 32.9 Å². The van der Waals surface area contributed by atoms with Crippen molar-refractivity contribution in [1.29, 1.82) is 0 Å². The molecule has 2 aromatic rings. The van der Waals surface area contributed by atoms with E-state index in [-0.39, 0.29) is 12.0 Å². The van der Waals surface area contributed by atoms with E-state index in [4.69, 9.17) is 9.47 Å². The van der Waals surface area contributed by atoms with Crippen LogP contribution in [0.5, 0.6) is 5.88 Å². The first-order chi connectivity index (χ1) is 14.7. The number of hydrogen-bond acceptors (Lipinski definition) is 6. The Morgan fingerprint density at radius 2 is 1.87 bits per heavy atom. The lowest BCUT2D eigenvalue weighted by Gasteiger charge is -2.38. The summed E-state index contributed by atoms with van der Waals surface area (Å²) < 4.78 is 10.9. The van der Waals surface area contributed by atoms with E-state index >= 15 is 0 Å². The maximum Gasteiger partial charge on any atom is 0.410 e. The van der Waals surface area contributed by atoms with Gasteiger partial charge < -0.3 is 14.4 Å². The molecule has 1 spiro atoms. The van der Waals surface area contributed by atoms with E-state index in [2.05, 4.69) is 15.2 Å². The molecule has 2 aliphatic heterocycles. The number of aromatic amines is 1. The zero-order valence-corrected chi connectivity index (χ0v) is 18.5. The summed E-state index contributed by atoms with van der Waals surface area (Å²) in [5, 5.41) is 6.76. The Hall–Kier alpha value is -3.10. The van der Waals surface area contributed by atoms with Crippen LogP contribution in [-0.2, 0) is 9.53 Å². The van der Waals surface area contributed by atoms with Crippen LogP contribution >= 0.6 is 0 Å². The summed E-state index contributed by atoms with van der Waals surface area (Å²) in [6, 6.07) is 3.74. The fourth-order valence-electron chi connectivity index (χ4n) is 4.30. The molecule has 2 aliphatic rings. The van der Waals surface area contributed by atoms with Crippen LogP contribution in [0, 0.1) is 5.41 Å². The van der Waals surface area contributed by atoms with Crippen LogP contribution in [0.15, 0.2) is 24.5 Å². The van der Waals surface area contributed by atoms with Crippen LogP contribution in [0.3, 0.4) is 0 Å².